The Morgan fingerprint density at radius 2 is 1.40 bits per heavy atom. The van der Waals surface area contributed by atoms with Gasteiger partial charge in [0.2, 0.25) is 5.91 Å². The lowest BCUT2D eigenvalue weighted by atomic mass is 10.2. The summed E-state index contributed by atoms with van der Waals surface area (Å²) in [6.45, 7) is 0.997. The number of carboxylic acids is 2. The Bertz CT molecular complexity index is 1460. The minimum absolute atomic E-state index is 0.0557. The van der Waals surface area contributed by atoms with Gasteiger partial charge in [-0.05, 0) is 30.7 Å². The average Bonchev–Trinajstić information content (AvgIpc) is 3.03. The van der Waals surface area contributed by atoms with Crippen molar-refractivity contribution in [2.24, 2.45) is 0 Å². The fourth-order valence-electron chi connectivity index (χ4n) is 3.60. The molecule has 2 rings (SSSR count). The number of carbonyl (C=O) groups is 4. The molecule has 0 spiro atoms. The van der Waals surface area contributed by atoms with Crippen molar-refractivity contribution < 1.29 is 61.5 Å². The highest BCUT2D eigenvalue weighted by Gasteiger charge is 2.23. The molecular formula is C29H37Cl2N3O13S. The van der Waals surface area contributed by atoms with Crippen LogP contribution >= 0.6 is 23.2 Å². The monoisotopic (exact) mass is 737 g/mol. The Hall–Kier alpha value is -3.58. The predicted octanol–water partition coefficient (Wildman–Crippen LogP) is 1.60. The molecule has 0 bridgehead atoms. The van der Waals surface area contributed by atoms with Crippen molar-refractivity contribution >= 4 is 56.8 Å². The normalized spacial score (nSPS) is 11.2. The molecule has 0 saturated carbocycles. The number of halogens is 2. The predicted molar refractivity (Wildman–Crippen MR) is 170 cm³/mol. The van der Waals surface area contributed by atoms with E-state index in [2.05, 4.69) is 15.6 Å². The standard InChI is InChI=1S/C29H37Cl2N3O13S/c30-27-22(47-9-1-2-25(36)37)5-6-23(28(27)31)48(41,42)19-21-4-3-20(16-34-21)29(40)33-8-11-44-12-14-45-17-24(35)32-7-10-43-13-15-46-18-26(38)39/h3-6,16H,1-2,7-15,17-19H2,(H,32,35)(H,33,40)(H,36,37)(H,38,39). The van der Waals surface area contributed by atoms with E-state index in [1.54, 1.807) is 0 Å². The molecular weight excluding hydrogens is 701 g/mol. The molecule has 2 aromatic rings. The second kappa shape index (κ2) is 22.1. The first-order chi connectivity index (χ1) is 22.9. The summed E-state index contributed by atoms with van der Waals surface area (Å²) in [6, 6.07) is 5.42. The van der Waals surface area contributed by atoms with Crippen LogP contribution in [0.1, 0.15) is 28.9 Å². The molecule has 0 saturated heterocycles. The molecule has 0 radical (unpaired) electrons. The van der Waals surface area contributed by atoms with Gasteiger partial charge in [-0.2, -0.15) is 0 Å². The van der Waals surface area contributed by atoms with Gasteiger partial charge in [0, 0.05) is 25.7 Å². The van der Waals surface area contributed by atoms with Crippen molar-refractivity contribution in [2.45, 2.75) is 23.5 Å². The Labute approximate surface area is 286 Å². The van der Waals surface area contributed by atoms with Gasteiger partial charge in [-0.1, -0.05) is 23.2 Å². The molecule has 1 aromatic heterocycles. The number of carboxylic acid groups (broad SMARTS) is 2. The Morgan fingerprint density at radius 3 is 2.02 bits per heavy atom. The van der Waals surface area contributed by atoms with E-state index in [0.29, 0.717) is 0 Å². The second-order valence-corrected chi connectivity index (χ2v) is 12.4. The minimum Gasteiger partial charge on any atom is -0.492 e. The molecule has 0 aliphatic rings. The van der Waals surface area contributed by atoms with Crippen molar-refractivity contribution in [3.05, 3.63) is 51.8 Å². The number of hydrogen-bond acceptors (Lipinski definition) is 12. The van der Waals surface area contributed by atoms with Crippen LogP contribution in [-0.4, -0.2) is 120 Å². The van der Waals surface area contributed by atoms with Crippen LogP contribution in [0.5, 0.6) is 5.75 Å². The van der Waals surface area contributed by atoms with E-state index >= 15 is 0 Å². The van der Waals surface area contributed by atoms with E-state index in [1.165, 1.54) is 30.5 Å². The lowest BCUT2D eigenvalue weighted by Crippen LogP contribution is -2.31. The quantitative estimate of drug-likeness (QED) is 0.106. The van der Waals surface area contributed by atoms with E-state index in [4.69, 9.17) is 57.1 Å². The number of amides is 2. The highest BCUT2D eigenvalue weighted by atomic mass is 35.5. The molecule has 48 heavy (non-hydrogen) atoms. The van der Waals surface area contributed by atoms with Gasteiger partial charge in [-0.15, -0.1) is 0 Å². The Morgan fingerprint density at radius 1 is 0.750 bits per heavy atom. The average molecular weight is 739 g/mol. The third-order valence-corrected chi connectivity index (χ3v) is 8.53. The van der Waals surface area contributed by atoms with Crippen LogP contribution in [-0.2, 0) is 48.9 Å². The van der Waals surface area contributed by atoms with Crippen LogP contribution in [0.2, 0.25) is 10.0 Å². The topological polar surface area (TPSA) is 226 Å². The fraction of sp³-hybridized carbons (Fsp3) is 0.483. The number of aliphatic carboxylic acids is 2. The molecule has 0 aliphatic carbocycles. The van der Waals surface area contributed by atoms with Crippen LogP contribution in [0.4, 0.5) is 0 Å². The summed E-state index contributed by atoms with van der Waals surface area (Å²) in [5.74, 6) is -3.21. The summed E-state index contributed by atoms with van der Waals surface area (Å²) in [4.78, 5) is 48.9. The van der Waals surface area contributed by atoms with Gasteiger partial charge >= 0.3 is 11.9 Å². The molecule has 0 aliphatic heterocycles. The second-order valence-electron chi connectivity index (χ2n) is 9.66. The van der Waals surface area contributed by atoms with Gasteiger partial charge < -0.3 is 44.5 Å². The molecule has 0 fully saturated rings. The smallest absolute Gasteiger partial charge is 0.329 e. The zero-order valence-corrected chi connectivity index (χ0v) is 28.1. The van der Waals surface area contributed by atoms with Gasteiger partial charge in [0.25, 0.3) is 5.91 Å². The number of pyridine rings is 1. The van der Waals surface area contributed by atoms with Crippen molar-refractivity contribution in [1.82, 2.24) is 15.6 Å². The van der Waals surface area contributed by atoms with Gasteiger partial charge in [0.1, 0.15) is 24.0 Å². The maximum Gasteiger partial charge on any atom is 0.329 e. The SMILES string of the molecule is O=C(O)CCCOc1ccc(S(=O)(=O)Cc2ccc(C(=O)NCCOCCOCC(=O)NCCOCCOCC(=O)O)cn2)c(Cl)c1Cl. The third-order valence-electron chi connectivity index (χ3n) is 5.87. The van der Waals surface area contributed by atoms with E-state index in [9.17, 15) is 27.6 Å². The lowest BCUT2D eigenvalue weighted by molar-refractivity contribution is -0.143. The number of ether oxygens (including phenoxy) is 5. The van der Waals surface area contributed by atoms with Crippen LogP contribution in [0, 0.1) is 0 Å². The van der Waals surface area contributed by atoms with Crippen LogP contribution < -0.4 is 15.4 Å². The summed E-state index contributed by atoms with van der Waals surface area (Å²) in [5.41, 5.74) is 0.367. The summed E-state index contributed by atoms with van der Waals surface area (Å²) in [5, 5.41) is 22.0. The first-order valence-electron chi connectivity index (χ1n) is 14.5. The van der Waals surface area contributed by atoms with Gasteiger partial charge in [-0.3, -0.25) is 19.4 Å². The maximum atomic E-state index is 13.0. The molecule has 266 valence electrons. The molecule has 1 aromatic carbocycles. The lowest BCUT2D eigenvalue weighted by Gasteiger charge is -2.12. The number of aromatic nitrogens is 1. The summed E-state index contributed by atoms with van der Waals surface area (Å²) in [7, 11) is -3.98. The van der Waals surface area contributed by atoms with Crippen molar-refractivity contribution in [3.63, 3.8) is 0 Å². The van der Waals surface area contributed by atoms with E-state index in [1.807, 2.05) is 0 Å². The van der Waals surface area contributed by atoms with E-state index in [-0.39, 0.29) is 117 Å². The largest absolute Gasteiger partial charge is 0.492 e. The number of nitrogens with zero attached hydrogens (tertiary/aromatic N) is 1. The van der Waals surface area contributed by atoms with E-state index in [0.717, 1.165) is 0 Å². The number of carbonyl (C=O) groups excluding carboxylic acids is 2. The highest BCUT2D eigenvalue weighted by Crippen LogP contribution is 2.37. The third kappa shape index (κ3) is 16.0. The Kier molecular flexibility index (Phi) is 18.7. The van der Waals surface area contributed by atoms with Crippen molar-refractivity contribution in [2.75, 3.05) is 72.6 Å². The highest BCUT2D eigenvalue weighted by molar-refractivity contribution is 7.90. The molecule has 1 heterocycles. The number of nitrogens with one attached hydrogen (secondary N) is 2. The first kappa shape index (κ1) is 40.6. The zero-order chi connectivity index (χ0) is 35.4. The minimum atomic E-state index is -3.98. The van der Waals surface area contributed by atoms with Gasteiger partial charge in [-0.25, -0.2) is 13.2 Å². The van der Waals surface area contributed by atoms with Crippen LogP contribution in [0.15, 0.2) is 35.4 Å². The van der Waals surface area contributed by atoms with E-state index < -0.39 is 40.0 Å². The fourth-order valence-corrected chi connectivity index (χ4v) is 5.75. The summed E-state index contributed by atoms with van der Waals surface area (Å²) in [6.07, 6.45) is 1.37. The summed E-state index contributed by atoms with van der Waals surface area (Å²) >= 11 is 12.4. The van der Waals surface area contributed by atoms with Crippen molar-refractivity contribution in [1.29, 1.82) is 0 Å². The number of benzene rings is 1. The molecule has 16 nitrogen and oxygen atoms in total. The van der Waals surface area contributed by atoms with Gasteiger partial charge in [0.05, 0.1) is 73.2 Å². The Balaban J connectivity index is 1.63. The molecule has 19 heteroatoms. The van der Waals surface area contributed by atoms with Crippen molar-refractivity contribution in [3.8, 4) is 5.75 Å². The van der Waals surface area contributed by atoms with Crippen LogP contribution in [0.3, 0.4) is 0 Å². The van der Waals surface area contributed by atoms with Gasteiger partial charge in [0.15, 0.2) is 9.84 Å². The number of rotatable bonds is 25. The molecule has 0 unspecified atom stereocenters. The number of hydrogen-bond donors (Lipinski definition) is 4. The molecule has 2 amide bonds. The summed E-state index contributed by atoms with van der Waals surface area (Å²) < 4.78 is 52.0. The zero-order valence-electron chi connectivity index (χ0n) is 25.8. The maximum absolute atomic E-state index is 13.0. The molecule has 0 atom stereocenters. The molecule has 4 N–H and O–H groups in total. The van der Waals surface area contributed by atoms with Crippen LogP contribution in [0.25, 0.3) is 0 Å². The number of sulfone groups is 1. The first-order valence-corrected chi connectivity index (χ1v) is 16.9.